The number of anilines is 2. The van der Waals surface area contributed by atoms with E-state index in [1.54, 1.807) is 18.2 Å². The van der Waals surface area contributed by atoms with E-state index in [0.29, 0.717) is 16.5 Å². The molecule has 0 aliphatic carbocycles. The molecule has 0 saturated carbocycles. The van der Waals surface area contributed by atoms with Gasteiger partial charge in [0.1, 0.15) is 11.5 Å². The second-order valence-corrected chi connectivity index (χ2v) is 4.97. The van der Waals surface area contributed by atoms with Crippen LogP contribution in [0.5, 0.6) is 11.5 Å². The maximum Gasteiger partial charge on any atom is 0.323 e. The zero-order chi connectivity index (χ0) is 17.7. The van der Waals surface area contributed by atoms with Crippen molar-refractivity contribution in [3.63, 3.8) is 0 Å². The van der Waals surface area contributed by atoms with Gasteiger partial charge in [-0.15, -0.1) is 0 Å². The highest BCUT2D eigenvalue weighted by atomic mass is 35.5. The van der Waals surface area contributed by atoms with Crippen LogP contribution in [0, 0.1) is 10.1 Å². The van der Waals surface area contributed by atoms with Crippen LogP contribution in [0.25, 0.3) is 0 Å². The minimum absolute atomic E-state index is 0.143. The zero-order valence-corrected chi connectivity index (χ0v) is 13.6. The number of rotatable bonds is 5. The number of carbonyl (C=O) groups is 1. The van der Waals surface area contributed by atoms with Crippen molar-refractivity contribution in [1.29, 1.82) is 0 Å². The zero-order valence-electron chi connectivity index (χ0n) is 12.8. The van der Waals surface area contributed by atoms with Crippen LogP contribution in [-0.4, -0.2) is 25.2 Å². The van der Waals surface area contributed by atoms with Gasteiger partial charge in [0.05, 0.1) is 41.6 Å². The maximum atomic E-state index is 12.1. The molecule has 9 heteroatoms. The summed E-state index contributed by atoms with van der Waals surface area (Å²) < 4.78 is 10.1. The van der Waals surface area contributed by atoms with Gasteiger partial charge in [0, 0.05) is 12.1 Å². The Hall–Kier alpha value is -3.00. The van der Waals surface area contributed by atoms with E-state index in [9.17, 15) is 14.9 Å². The molecule has 0 aliphatic rings. The van der Waals surface area contributed by atoms with Gasteiger partial charge in [-0.2, -0.15) is 0 Å². The summed E-state index contributed by atoms with van der Waals surface area (Å²) in [6.07, 6.45) is 0. The quantitative estimate of drug-likeness (QED) is 0.628. The van der Waals surface area contributed by atoms with E-state index in [4.69, 9.17) is 21.1 Å². The van der Waals surface area contributed by atoms with Gasteiger partial charge in [0.15, 0.2) is 0 Å². The van der Waals surface area contributed by atoms with E-state index < -0.39 is 11.0 Å². The number of benzene rings is 2. The number of urea groups is 1. The van der Waals surface area contributed by atoms with Crippen molar-refractivity contribution in [3.05, 3.63) is 51.5 Å². The van der Waals surface area contributed by atoms with Crippen LogP contribution in [0.4, 0.5) is 21.9 Å². The molecule has 0 radical (unpaired) electrons. The Kier molecular flexibility index (Phi) is 5.43. The Balaban J connectivity index is 2.13. The van der Waals surface area contributed by atoms with E-state index in [1.807, 2.05) is 0 Å². The fourth-order valence-electron chi connectivity index (χ4n) is 1.90. The number of ether oxygens (including phenoxy) is 2. The average Bonchev–Trinajstić information content (AvgIpc) is 2.56. The molecule has 24 heavy (non-hydrogen) atoms. The first-order chi connectivity index (χ1) is 11.4. The molecule has 0 unspecified atom stereocenters. The lowest BCUT2D eigenvalue weighted by Gasteiger charge is -2.12. The number of carbonyl (C=O) groups excluding carboxylic acids is 1. The van der Waals surface area contributed by atoms with Gasteiger partial charge in [-0.05, 0) is 18.2 Å². The van der Waals surface area contributed by atoms with Crippen molar-refractivity contribution < 1.29 is 19.2 Å². The average molecular weight is 352 g/mol. The summed E-state index contributed by atoms with van der Waals surface area (Å²) in [4.78, 5) is 22.3. The van der Waals surface area contributed by atoms with Crippen LogP contribution >= 0.6 is 11.6 Å². The third-order valence-corrected chi connectivity index (χ3v) is 3.38. The van der Waals surface area contributed by atoms with E-state index >= 15 is 0 Å². The van der Waals surface area contributed by atoms with Crippen molar-refractivity contribution in [1.82, 2.24) is 0 Å². The van der Waals surface area contributed by atoms with Crippen LogP contribution in [0.15, 0.2) is 36.4 Å². The van der Waals surface area contributed by atoms with E-state index in [0.717, 1.165) is 0 Å². The molecule has 126 valence electrons. The Bertz CT molecular complexity index is 782. The second kappa shape index (κ2) is 7.51. The molecule has 2 rings (SSSR count). The van der Waals surface area contributed by atoms with Crippen LogP contribution < -0.4 is 20.1 Å². The second-order valence-electron chi connectivity index (χ2n) is 4.57. The minimum Gasteiger partial charge on any atom is -0.497 e. The molecule has 0 fully saturated rings. The van der Waals surface area contributed by atoms with Crippen molar-refractivity contribution in [2.24, 2.45) is 0 Å². The summed E-state index contributed by atoms with van der Waals surface area (Å²) in [6, 6.07) is 8.08. The number of nitro groups is 1. The number of hydrogen-bond donors (Lipinski definition) is 2. The highest BCUT2D eigenvalue weighted by molar-refractivity contribution is 6.34. The number of nitrogens with one attached hydrogen (secondary N) is 2. The van der Waals surface area contributed by atoms with Crippen molar-refractivity contribution >= 4 is 34.7 Å². The molecule has 0 spiro atoms. The number of nitro benzene ring substituents is 1. The Morgan fingerprint density at radius 1 is 1.08 bits per heavy atom. The summed E-state index contributed by atoms with van der Waals surface area (Å²) in [6.45, 7) is 0. The summed E-state index contributed by atoms with van der Waals surface area (Å²) in [5.74, 6) is 0.725. The lowest BCUT2D eigenvalue weighted by Crippen LogP contribution is -2.20. The topological polar surface area (TPSA) is 103 Å². The molecule has 0 atom stereocenters. The molecule has 0 aliphatic heterocycles. The molecule has 2 amide bonds. The molecule has 2 aromatic rings. The van der Waals surface area contributed by atoms with Crippen LogP contribution in [-0.2, 0) is 0 Å². The minimum atomic E-state index is -0.575. The van der Waals surface area contributed by atoms with Crippen molar-refractivity contribution in [2.45, 2.75) is 0 Å². The Morgan fingerprint density at radius 2 is 1.75 bits per heavy atom. The largest absolute Gasteiger partial charge is 0.497 e. The van der Waals surface area contributed by atoms with Crippen molar-refractivity contribution in [2.75, 3.05) is 24.9 Å². The first kappa shape index (κ1) is 17.4. The first-order valence-corrected chi connectivity index (χ1v) is 7.06. The molecular weight excluding hydrogens is 338 g/mol. The number of methoxy groups -OCH3 is 2. The molecule has 2 N–H and O–H groups in total. The number of non-ortho nitro benzene ring substituents is 1. The summed E-state index contributed by atoms with van der Waals surface area (Å²) in [7, 11) is 2.86. The Labute approximate surface area is 142 Å². The third kappa shape index (κ3) is 4.05. The van der Waals surface area contributed by atoms with Crippen LogP contribution in [0.3, 0.4) is 0 Å². The van der Waals surface area contributed by atoms with Gasteiger partial charge in [0.25, 0.3) is 5.69 Å². The number of amides is 2. The molecule has 0 bridgehead atoms. The number of nitrogens with zero attached hydrogens (tertiary/aromatic N) is 1. The van der Waals surface area contributed by atoms with E-state index in [1.165, 1.54) is 32.4 Å². The first-order valence-electron chi connectivity index (χ1n) is 6.68. The third-order valence-electron chi connectivity index (χ3n) is 3.07. The SMILES string of the molecule is COc1ccc(NC(=O)Nc2ccc([N+](=O)[O-])cc2OC)c(Cl)c1. The molecule has 2 aromatic carbocycles. The summed E-state index contributed by atoms with van der Waals surface area (Å²) in [5.41, 5.74) is 0.525. The van der Waals surface area contributed by atoms with Gasteiger partial charge in [0.2, 0.25) is 0 Å². The maximum absolute atomic E-state index is 12.1. The van der Waals surface area contributed by atoms with Crippen LogP contribution in [0.2, 0.25) is 5.02 Å². The highest BCUT2D eigenvalue weighted by Crippen LogP contribution is 2.30. The highest BCUT2D eigenvalue weighted by Gasteiger charge is 2.14. The van der Waals surface area contributed by atoms with Gasteiger partial charge in [-0.25, -0.2) is 4.79 Å². The van der Waals surface area contributed by atoms with Gasteiger partial charge in [-0.3, -0.25) is 10.1 Å². The molecule has 0 heterocycles. The monoisotopic (exact) mass is 351 g/mol. The number of halogens is 1. The molecule has 0 saturated heterocycles. The standard InChI is InChI=1S/C15H14ClN3O5/c1-23-10-4-6-12(11(16)8-10)17-15(20)18-13-5-3-9(19(21)22)7-14(13)24-2/h3-8H,1-2H3,(H2,17,18,20). The predicted molar refractivity (Wildman–Crippen MR) is 90.3 cm³/mol. The fraction of sp³-hybridized carbons (Fsp3) is 0.133. The molecular formula is C15H14ClN3O5. The van der Waals surface area contributed by atoms with E-state index in [2.05, 4.69) is 10.6 Å². The lowest BCUT2D eigenvalue weighted by molar-refractivity contribution is -0.384. The van der Waals surface area contributed by atoms with Gasteiger partial charge < -0.3 is 20.1 Å². The van der Waals surface area contributed by atoms with Gasteiger partial charge >= 0.3 is 6.03 Å². The smallest absolute Gasteiger partial charge is 0.323 e. The molecule has 8 nitrogen and oxygen atoms in total. The van der Waals surface area contributed by atoms with E-state index in [-0.39, 0.29) is 17.1 Å². The normalized spacial score (nSPS) is 9.96. The molecule has 0 aromatic heterocycles. The van der Waals surface area contributed by atoms with Crippen LogP contribution in [0.1, 0.15) is 0 Å². The lowest BCUT2D eigenvalue weighted by atomic mass is 10.2. The Morgan fingerprint density at radius 3 is 2.33 bits per heavy atom. The fourth-order valence-corrected chi connectivity index (χ4v) is 2.11. The number of hydrogen-bond acceptors (Lipinski definition) is 5. The predicted octanol–water partition coefficient (Wildman–Crippen LogP) is 3.91. The van der Waals surface area contributed by atoms with Gasteiger partial charge in [-0.1, -0.05) is 11.6 Å². The summed E-state index contributed by atoms with van der Waals surface area (Å²) in [5, 5.41) is 16.2. The van der Waals surface area contributed by atoms with Crippen molar-refractivity contribution in [3.8, 4) is 11.5 Å². The summed E-state index contributed by atoms with van der Waals surface area (Å²) >= 11 is 6.05.